The number of rotatable bonds is 10. The number of halogens is 2. The maximum atomic E-state index is 14.3. The summed E-state index contributed by atoms with van der Waals surface area (Å²) in [5.41, 5.74) is 1.01. The fourth-order valence-corrected chi connectivity index (χ4v) is 6.44. The Morgan fingerprint density at radius 2 is 1.80 bits per heavy atom. The SMILES string of the molecule is Cc1cccc(C(C)(C)CC(=O)CC2(CC(=O)c3cc(-c4ccc(F)cc4F)on3)CN(C3CCCCC3)C2)n1. The second-order valence-corrected chi connectivity index (χ2v) is 12.4. The average Bonchev–Trinajstić information content (AvgIpc) is 3.37. The smallest absolute Gasteiger partial charge is 0.185 e. The van der Waals surface area contributed by atoms with Gasteiger partial charge in [-0.15, -0.1) is 0 Å². The van der Waals surface area contributed by atoms with Crippen molar-refractivity contribution in [2.24, 2.45) is 5.41 Å². The van der Waals surface area contributed by atoms with E-state index in [1.807, 2.05) is 39.0 Å². The molecule has 0 N–H and O–H groups in total. The van der Waals surface area contributed by atoms with E-state index < -0.39 is 22.5 Å². The van der Waals surface area contributed by atoms with Gasteiger partial charge in [0.15, 0.2) is 11.5 Å². The standard InChI is InChI=1S/C32H37F2N3O3/c1-21-8-7-11-30(35-21)31(2,3)16-24(38)17-32(19-37(20-32)23-9-5-4-6-10-23)18-28(39)27-15-29(40-36-27)25-13-12-22(33)14-26(25)34/h7-8,11-15,23H,4-6,9-10,16-20H2,1-3H3. The minimum Gasteiger partial charge on any atom is -0.355 e. The van der Waals surface area contributed by atoms with Crippen LogP contribution in [0, 0.1) is 24.0 Å². The quantitative estimate of drug-likeness (QED) is 0.257. The molecule has 8 heteroatoms. The molecule has 40 heavy (non-hydrogen) atoms. The van der Waals surface area contributed by atoms with Crippen LogP contribution in [0.3, 0.4) is 0 Å². The van der Waals surface area contributed by atoms with Crippen molar-refractivity contribution in [3.63, 3.8) is 0 Å². The zero-order valence-electron chi connectivity index (χ0n) is 23.5. The number of Topliss-reactive ketones (excluding diaryl/α,β-unsaturated/α-hetero) is 2. The van der Waals surface area contributed by atoms with E-state index >= 15 is 0 Å². The normalized spacial score (nSPS) is 17.9. The van der Waals surface area contributed by atoms with Gasteiger partial charge in [-0.25, -0.2) is 8.78 Å². The van der Waals surface area contributed by atoms with Gasteiger partial charge in [0.05, 0.1) is 5.56 Å². The maximum Gasteiger partial charge on any atom is 0.185 e. The van der Waals surface area contributed by atoms with Crippen LogP contribution in [0.4, 0.5) is 8.78 Å². The molecule has 0 amide bonds. The first kappa shape index (κ1) is 28.3. The lowest BCUT2D eigenvalue weighted by Crippen LogP contribution is -2.61. The molecule has 2 aromatic heterocycles. The molecule has 5 rings (SSSR count). The Bertz CT molecular complexity index is 1390. The van der Waals surface area contributed by atoms with E-state index in [2.05, 4.69) is 15.0 Å². The summed E-state index contributed by atoms with van der Waals surface area (Å²) in [6, 6.07) is 10.9. The van der Waals surface area contributed by atoms with Crippen LogP contribution in [0.1, 0.15) is 87.1 Å². The van der Waals surface area contributed by atoms with E-state index in [0.717, 1.165) is 36.4 Å². The first-order valence-electron chi connectivity index (χ1n) is 14.2. The fourth-order valence-electron chi connectivity index (χ4n) is 6.44. The summed E-state index contributed by atoms with van der Waals surface area (Å²) in [6.07, 6.45) is 6.78. The van der Waals surface area contributed by atoms with Crippen LogP contribution < -0.4 is 0 Å². The highest BCUT2D eigenvalue weighted by Gasteiger charge is 2.48. The topological polar surface area (TPSA) is 76.3 Å². The van der Waals surface area contributed by atoms with Crippen molar-refractivity contribution in [1.82, 2.24) is 15.0 Å². The lowest BCUT2D eigenvalue weighted by molar-refractivity contribution is -0.127. The highest BCUT2D eigenvalue weighted by atomic mass is 19.1. The zero-order chi connectivity index (χ0) is 28.5. The molecule has 3 aromatic rings. The van der Waals surface area contributed by atoms with E-state index in [9.17, 15) is 18.4 Å². The first-order valence-corrected chi connectivity index (χ1v) is 14.2. The molecule has 0 atom stereocenters. The van der Waals surface area contributed by atoms with E-state index in [1.54, 1.807) is 0 Å². The number of carbonyl (C=O) groups is 2. The molecule has 1 saturated carbocycles. The van der Waals surface area contributed by atoms with Crippen molar-refractivity contribution in [1.29, 1.82) is 0 Å². The number of ketones is 2. The van der Waals surface area contributed by atoms with Crippen LogP contribution in [-0.4, -0.2) is 45.7 Å². The summed E-state index contributed by atoms with van der Waals surface area (Å²) in [5, 5.41) is 3.90. The maximum absolute atomic E-state index is 14.3. The number of benzene rings is 1. The molecule has 2 aliphatic rings. The number of aryl methyl sites for hydroxylation is 1. The molecule has 0 spiro atoms. The first-order chi connectivity index (χ1) is 19.0. The van der Waals surface area contributed by atoms with Crippen molar-refractivity contribution in [2.45, 2.75) is 83.6 Å². The van der Waals surface area contributed by atoms with Gasteiger partial charge in [0, 0.05) is 72.7 Å². The van der Waals surface area contributed by atoms with E-state index in [1.165, 1.54) is 31.4 Å². The number of aromatic nitrogens is 2. The average molecular weight is 550 g/mol. The molecule has 2 fully saturated rings. The number of pyridine rings is 1. The second-order valence-electron chi connectivity index (χ2n) is 12.4. The van der Waals surface area contributed by atoms with Gasteiger partial charge in [-0.2, -0.15) is 0 Å². The minimum atomic E-state index is -0.787. The van der Waals surface area contributed by atoms with Crippen LogP contribution in [0.2, 0.25) is 0 Å². The molecule has 6 nitrogen and oxygen atoms in total. The second kappa shape index (κ2) is 11.3. The van der Waals surface area contributed by atoms with Gasteiger partial charge >= 0.3 is 0 Å². The number of likely N-dealkylation sites (tertiary alicyclic amines) is 1. The summed E-state index contributed by atoms with van der Waals surface area (Å²) in [6.45, 7) is 7.39. The van der Waals surface area contributed by atoms with Gasteiger partial charge in [-0.1, -0.05) is 44.3 Å². The van der Waals surface area contributed by atoms with Crippen molar-refractivity contribution in [2.75, 3.05) is 13.1 Å². The summed E-state index contributed by atoms with van der Waals surface area (Å²) < 4.78 is 32.9. The van der Waals surface area contributed by atoms with Crippen LogP contribution in [-0.2, 0) is 10.2 Å². The number of hydrogen-bond acceptors (Lipinski definition) is 6. The fraction of sp³-hybridized carbons (Fsp3) is 0.500. The van der Waals surface area contributed by atoms with Crippen LogP contribution in [0.25, 0.3) is 11.3 Å². The molecular formula is C32H37F2N3O3. The third kappa shape index (κ3) is 6.22. The van der Waals surface area contributed by atoms with E-state index in [-0.39, 0.29) is 35.0 Å². The molecule has 1 aliphatic carbocycles. The predicted molar refractivity (Wildman–Crippen MR) is 148 cm³/mol. The van der Waals surface area contributed by atoms with Crippen molar-refractivity contribution in [3.05, 3.63) is 71.2 Å². The highest BCUT2D eigenvalue weighted by molar-refractivity contribution is 5.96. The van der Waals surface area contributed by atoms with Gasteiger partial charge < -0.3 is 4.52 Å². The van der Waals surface area contributed by atoms with E-state index in [4.69, 9.17) is 4.52 Å². The molecule has 212 valence electrons. The Morgan fingerprint density at radius 3 is 2.50 bits per heavy atom. The van der Waals surface area contributed by atoms with Crippen molar-refractivity contribution >= 4 is 11.6 Å². The lowest BCUT2D eigenvalue weighted by atomic mass is 9.68. The third-order valence-corrected chi connectivity index (χ3v) is 8.49. The van der Waals surface area contributed by atoms with Gasteiger partial charge in [0.1, 0.15) is 23.1 Å². The van der Waals surface area contributed by atoms with Crippen molar-refractivity contribution < 1.29 is 22.9 Å². The summed E-state index contributed by atoms with van der Waals surface area (Å²) in [5.74, 6) is -1.55. The van der Waals surface area contributed by atoms with E-state index in [0.29, 0.717) is 32.0 Å². The molecule has 0 unspecified atom stereocenters. The number of nitrogens with zero attached hydrogens (tertiary/aromatic N) is 3. The molecule has 1 saturated heterocycles. The van der Waals surface area contributed by atoms with Gasteiger partial charge in [0.2, 0.25) is 0 Å². The highest BCUT2D eigenvalue weighted by Crippen LogP contribution is 2.43. The Kier molecular flexibility index (Phi) is 8.00. The van der Waals surface area contributed by atoms with Crippen molar-refractivity contribution in [3.8, 4) is 11.3 Å². The lowest BCUT2D eigenvalue weighted by Gasteiger charge is -2.54. The Labute approximate surface area is 234 Å². The van der Waals surface area contributed by atoms with Gasteiger partial charge in [0.25, 0.3) is 0 Å². The third-order valence-electron chi connectivity index (χ3n) is 8.49. The monoisotopic (exact) mass is 549 g/mol. The summed E-state index contributed by atoms with van der Waals surface area (Å²) in [4.78, 5) is 34.0. The minimum absolute atomic E-state index is 0.0388. The largest absolute Gasteiger partial charge is 0.355 e. The number of carbonyl (C=O) groups excluding carboxylic acids is 2. The molecular weight excluding hydrogens is 512 g/mol. The van der Waals surface area contributed by atoms with Gasteiger partial charge in [-0.05, 0) is 44.0 Å². The molecule has 1 aliphatic heterocycles. The van der Waals surface area contributed by atoms with Crippen LogP contribution >= 0.6 is 0 Å². The van der Waals surface area contributed by atoms with Crippen LogP contribution in [0.15, 0.2) is 47.0 Å². The molecule has 3 heterocycles. The summed E-state index contributed by atoms with van der Waals surface area (Å²) in [7, 11) is 0. The molecule has 0 bridgehead atoms. The van der Waals surface area contributed by atoms with Gasteiger partial charge in [-0.3, -0.25) is 19.5 Å². The summed E-state index contributed by atoms with van der Waals surface area (Å²) >= 11 is 0. The Balaban J connectivity index is 1.31. The Morgan fingerprint density at radius 1 is 1.05 bits per heavy atom. The Hall–Kier alpha value is -3.26. The van der Waals surface area contributed by atoms with Crippen LogP contribution in [0.5, 0.6) is 0 Å². The molecule has 1 aromatic carbocycles. The predicted octanol–water partition coefficient (Wildman–Crippen LogP) is 6.86. The zero-order valence-corrected chi connectivity index (χ0v) is 23.5. The molecule has 0 radical (unpaired) electrons. The number of hydrogen-bond donors (Lipinski definition) is 0.